The average molecular weight is 299 g/mol. The second-order valence-electron chi connectivity index (χ2n) is 4.01. The monoisotopic (exact) mass is 298 g/mol. The third-order valence-electron chi connectivity index (χ3n) is 2.82. The van der Waals surface area contributed by atoms with Crippen molar-refractivity contribution in [2.24, 2.45) is 0 Å². The third kappa shape index (κ3) is 2.11. The summed E-state index contributed by atoms with van der Waals surface area (Å²) in [6, 6.07) is 5.53. The molecule has 0 N–H and O–H groups in total. The zero-order valence-corrected chi connectivity index (χ0v) is 11.5. The molecule has 18 heavy (non-hydrogen) atoms. The molecule has 0 unspecified atom stereocenters. The first-order valence-electron chi connectivity index (χ1n) is 5.32. The summed E-state index contributed by atoms with van der Waals surface area (Å²) >= 11 is 13.1. The number of rotatable bonds is 2. The number of fused-ring (bicyclic) bond motifs is 1. The molecule has 1 aromatic heterocycles. The molecule has 0 aliphatic carbocycles. The first kappa shape index (κ1) is 12.0. The molecule has 1 aromatic carbocycles. The van der Waals surface area contributed by atoms with Gasteiger partial charge in [-0.2, -0.15) is 0 Å². The normalized spacial score (nSPS) is 14.1. The molecule has 1 amide bonds. The maximum atomic E-state index is 12.0. The summed E-state index contributed by atoms with van der Waals surface area (Å²) in [6.45, 7) is 0.497. The molecule has 0 spiro atoms. The first-order chi connectivity index (χ1) is 8.63. The van der Waals surface area contributed by atoms with E-state index in [1.165, 1.54) is 11.3 Å². The van der Waals surface area contributed by atoms with Crippen molar-refractivity contribution in [1.82, 2.24) is 4.98 Å². The Hall–Kier alpha value is -1.10. The van der Waals surface area contributed by atoms with E-state index in [1.807, 2.05) is 12.1 Å². The second kappa shape index (κ2) is 4.53. The zero-order chi connectivity index (χ0) is 12.7. The van der Waals surface area contributed by atoms with Gasteiger partial charge in [-0.05, 0) is 17.7 Å². The van der Waals surface area contributed by atoms with Gasteiger partial charge in [-0.25, -0.2) is 4.98 Å². The van der Waals surface area contributed by atoms with Crippen LogP contribution in [0, 0.1) is 0 Å². The van der Waals surface area contributed by atoms with Crippen molar-refractivity contribution in [1.29, 1.82) is 0 Å². The second-order valence-corrected chi connectivity index (χ2v) is 6.14. The number of hydrogen-bond donors (Lipinski definition) is 0. The number of hydrogen-bond acceptors (Lipinski definition) is 3. The van der Waals surface area contributed by atoms with Crippen molar-refractivity contribution in [3.05, 3.63) is 44.3 Å². The predicted molar refractivity (Wildman–Crippen MR) is 73.5 cm³/mol. The number of amides is 1. The molecular formula is C12H8Cl2N2OS. The summed E-state index contributed by atoms with van der Waals surface area (Å²) in [5.41, 5.74) is 1.90. The predicted octanol–water partition coefficient (Wildman–Crippen LogP) is 3.54. The Morgan fingerprint density at radius 2 is 2.22 bits per heavy atom. The molecule has 0 saturated carbocycles. The lowest BCUT2D eigenvalue weighted by molar-refractivity contribution is -0.117. The molecule has 3 nitrogen and oxygen atoms in total. The van der Waals surface area contributed by atoms with E-state index in [9.17, 15) is 4.79 Å². The van der Waals surface area contributed by atoms with Crippen LogP contribution in [-0.4, -0.2) is 10.9 Å². The maximum Gasteiger partial charge on any atom is 0.231 e. The highest BCUT2D eigenvalue weighted by molar-refractivity contribution is 7.15. The topological polar surface area (TPSA) is 33.2 Å². The van der Waals surface area contributed by atoms with E-state index in [0.717, 1.165) is 16.1 Å². The highest BCUT2D eigenvalue weighted by Crippen LogP contribution is 2.33. The Morgan fingerprint density at radius 1 is 1.39 bits per heavy atom. The molecule has 0 atom stereocenters. The van der Waals surface area contributed by atoms with E-state index in [-0.39, 0.29) is 5.91 Å². The number of aromatic nitrogens is 1. The number of carbonyl (C=O) groups excluding carboxylic acids is 1. The molecule has 92 valence electrons. The summed E-state index contributed by atoms with van der Waals surface area (Å²) < 4.78 is 0.489. The summed E-state index contributed by atoms with van der Waals surface area (Å²) in [7, 11) is 0. The lowest BCUT2D eigenvalue weighted by Gasteiger charge is -2.16. The van der Waals surface area contributed by atoms with Gasteiger partial charge in [0.15, 0.2) is 4.47 Å². The Balaban J connectivity index is 1.93. The Bertz CT molecular complexity index is 626. The highest BCUT2D eigenvalue weighted by Gasteiger charge is 2.27. The number of nitrogens with zero attached hydrogens (tertiary/aromatic N) is 2. The van der Waals surface area contributed by atoms with E-state index in [2.05, 4.69) is 4.98 Å². The third-order valence-corrected chi connectivity index (χ3v) is 4.15. The minimum absolute atomic E-state index is 0.0804. The van der Waals surface area contributed by atoms with Gasteiger partial charge in [0.05, 0.1) is 13.0 Å². The molecule has 0 bridgehead atoms. The van der Waals surface area contributed by atoms with Crippen LogP contribution in [0.2, 0.25) is 9.49 Å². The zero-order valence-electron chi connectivity index (χ0n) is 9.19. The minimum atomic E-state index is 0.0804. The van der Waals surface area contributed by atoms with Gasteiger partial charge in [-0.15, -0.1) is 11.3 Å². The van der Waals surface area contributed by atoms with Crippen LogP contribution >= 0.6 is 34.5 Å². The van der Waals surface area contributed by atoms with Crippen LogP contribution in [0.25, 0.3) is 0 Å². The van der Waals surface area contributed by atoms with Gasteiger partial charge >= 0.3 is 0 Å². The molecular weight excluding hydrogens is 291 g/mol. The standard InChI is InChI=1S/C12H8Cl2N2OS/c13-8-2-1-7-3-11(17)16(10(7)4-8)6-9-5-15-12(14)18-9/h1-2,4-5H,3,6H2. The fourth-order valence-electron chi connectivity index (χ4n) is 2.02. The number of thiazole rings is 1. The summed E-state index contributed by atoms with van der Waals surface area (Å²) in [5, 5.41) is 0.635. The largest absolute Gasteiger partial charge is 0.306 e. The molecule has 2 heterocycles. The summed E-state index contributed by atoms with van der Waals surface area (Å²) in [5.74, 6) is 0.0804. The summed E-state index contributed by atoms with van der Waals surface area (Å²) in [6.07, 6.45) is 2.13. The molecule has 2 aromatic rings. The van der Waals surface area contributed by atoms with Crippen LogP contribution in [0.4, 0.5) is 5.69 Å². The van der Waals surface area contributed by atoms with Gasteiger partial charge in [0.25, 0.3) is 0 Å². The van der Waals surface area contributed by atoms with E-state index >= 15 is 0 Å². The Kier molecular flexibility index (Phi) is 3.01. The van der Waals surface area contributed by atoms with Crippen molar-refractivity contribution in [3.63, 3.8) is 0 Å². The number of benzene rings is 1. The SMILES string of the molecule is O=C1Cc2ccc(Cl)cc2N1Cc1cnc(Cl)s1. The van der Waals surface area contributed by atoms with Gasteiger partial charge in [0, 0.05) is 21.8 Å². The van der Waals surface area contributed by atoms with Crippen molar-refractivity contribution in [2.75, 3.05) is 4.90 Å². The molecule has 0 saturated heterocycles. The van der Waals surface area contributed by atoms with E-state index in [4.69, 9.17) is 23.2 Å². The van der Waals surface area contributed by atoms with E-state index in [1.54, 1.807) is 17.2 Å². The van der Waals surface area contributed by atoms with Gasteiger partial charge in [-0.1, -0.05) is 29.3 Å². The highest BCUT2D eigenvalue weighted by atomic mass is 35.5. The lowest BCUT2D eigenvalue weighted by Crippen LogP contribution is -2.25. The van der Waals surface area contributed by atoms with Crippen molar-refractivity contribution >= 4 is 46.1 Å². The van der Waals surface area contributed by atoms with E-state index in [0.29, 0.717) is 22.5 Å². The van der Waals surface area contributed by atoms with Crippen LogP contribution in [0.1, 0.15) is 10.4 Å². The molecule has 0 fully saturated rings. The summed E-state index contributed by atoms with van der Waals surface area (Å²) in [4.78, 5) is 18.7. The number of carbonyl (C=O) groups is 1. The van der Waals surface area contributed by atoms with Crippen LogP contribution in [0.15, 0.2) is 24.4 Å². The molecule has 6 heteroatoms. The molecule has 3 rings (SSSR count). The van der Waals surface area contributed by atoms with Crippen molar-refractivity contribution < 1.29 is 4.79 Å². The van der Waals surface area contributed by atoms with Gasteiger partial charge in [-0.3, -0.25) is 4.79 Å². The Morgan fingerprint density at radius 3 is 2.94 bits per heavy atom. The van der Waals surface area contributed by atoms with Crippen LogP contribution in [0.3, 0.4) is 0 Å². The minimum Gasteiger partial charge on any atom is -0.306 e. The van der Waals surface area contributed by atoms with Crippen molar-refractivity contribution in [3.8, 4) is 0 Å². The quantitative estimate of drug-likeness (QED) is 0.850. The van der Waals surface area contributed by atoms with Crippen LogP contribution in [0.5, 0.6) is 0 Å². The average Bonchev–Trinajstić information content (AvgIpc) is 2.86. The van der Waals surface area contributed by atoms with Crippen LogP contribution in [-0.2, 0) is 17.8 Å². The smallest absolute Gasteiger partial charge is 0.231 e. The fraction of sp³-hybridized carbons (Fsp3) is 0.167. The number of anilines is 1. The first-order valence-corrected chi connectivity index (χ1v) is 6.90. The van der Waals surface area contributed by atoms with Gasteiger partial charge in [0.1, 0.15) is 0 Å². The van der Waals surface area contributed by atoms with E-state index < -0.39 is 0 Å². The molecule has 1 aliphatic rings. The molecule has 1 aliphatic heterocycles. The van der Waals surface area contributed by atoms with Gasteiger partial charge < -0.3 is 4.90 Å². The lowest BCUT2D eigenvalue weighted by atomic mass is 10.2. The molecule has 0 radical (unpaired) electrons. The maximum absolute atomic E-state index is 12.0. The van der Waals surface area contributed by atoms with Crippen molar-refractivity contribution in [2.45, 2.75) is 13.0 Å². The Labute approximate surface area is 118 Å². The van der Waals surface area contributed by atoms with Crippen LogP contribution < -0.4 is 4.90 Å². The fourth-order valence-corrected chi connectivity index (χ4v) is 3.15. The number of halogens is 2. The van der Waals surface area contributed by atoms with Gasteiger partial charge in [0.2, 0.25) is 5.91 Å².